The first-order valence-electron chi connectivity index (χ1n) is 5.95. The van der Waals surface area contributed by atoms with Gasteiger partial charge >= 0.3 is 5.69 Å². The predicted octanol–water partition coefficient (Wildman–Crippen LogP) is 1.28. The average Bonchev–Trinajstić information content (AvgIpc) is 2.84. The smallest absolute Gasteiger partial charge is 0.325 e. The summed E-state index contributed by atoms with van der Waals surface area (Å²) in [6.45, 7) is 1.68. The Morgan fingerprint density at radius 2 is 1.95 bits per heavy atom. The SMILES string of the molecule is O=C(CN1CCCC1)c1ccc(O)c(O)c1[N+](=O)[O-]. The summed E-state index contributed by atoms with van der Waals surface area (Å²) in [5, 5.41) is 29.7. The molecule has 0 aliphatic carbocycles. The molecule has 1 saturated heterocycles. The number of rotatable bonds is 4. The molecule has 7 heteroatoms. The number of hydrogen-bond acceptors (Lipinski definition) is 6. The summed E-state index contributed by atoms with van der Waals surface area (Å²) in [7, 11) is 0. The van der Waals surface area contributed by atoms with Gasteiger partial charge in [-0.2, -0.15) is 0 Å². The van der Waals surface area contributed by atoms with Crippen LogP contribution in [0.25, 0.3) is 0 Å². The second-order valence-electron chi connectivity index (χ2n) is 4.49. The zero-order chi connectivity index (χ0) is 14.0. The monoisotopic (exact) mass is 266 g/mol. The van der Waals surface area contributed by atoms with Gasteiger partial charge < -0.3 is 10.2 Å². The van der Waals surface area contributed by atoms with Crippen LogP contribution in [0.5, 0.6) is 11.5 Å². The Morgan fingerprint density at radius 3 is 2.53 bits per heavy atom. The number of carbonyl (C=O) groups is 1. The molecule has 2 N–H and O–H groups in total. The van der Waals surface area contributed by atoms with Crippen LogP contribution in [-0.2, 0) is 0 Å². The molecule has 19 heavy (non-hydrogen) atoms. The van der Waals surface area contributed by atoms with E-state index in [0.29, 0.717) is 0 Å². The van der Waals surface area contributed by atoms with Crippen LogP contribution < -0.4 is 0 Å². The van der Waals surface area contributed by atoms with Gasteiger partial charge in [-0.15, -0.1) is 0 Å². The molecule has 1 aromatic carbocycles. The second kappa shape index (κ2) is 5.23. The quantitative estimate of drug-likeness (QED) is 0.368. The van der Waals surface area contributed by atoms with E-state index in [4.69, 9.17) is 0 Å². The molecule has 1 aromatic rings. The molecule has 0 unspecified atom stereocenters. The molecule has 1 heterocycles. The fourth-order valence-electron chi connectivity index (χ4n) is 2.21. The lowest BCUT2D eigenvalue weighted by molar-refractivity contribution is -0.386. The van der Waals surface area contributed by atoms with Crippen molar-refractivity contribution in [3.8, 4) is 11.5 Å². The van der Waals surface area contributed by atoms with Crippen LogP contribution in [-0.4, -0.2) is 45.5 Å². The van der Waals surface area contributed by atoms with E-state index in [1.54, 1.807) is 0 Å². The van der Waals surface area contributed by atoms with Gasteiger partial charge in [-0.05, 0) is 38.1 Å². The van der Waals surface area contributed by atoms with Gasteiger partial charge in [-0.25, -0.2) is 0 Å². The summed E-state index contributed by atoms with van der Waals surface area (Å²) < 4.78 is 0. The normalized spacial score (nSPS) is 15.6. The zero-order valence-corrected chi connectivity index (χ0v) is 10.2. The highest BCUT2D eigenvalue weighted by molar-refractivity contribution is 6.02. The van der Waals surface area contributed by atoms with Crippen molar-refractivity contribution in [1.29, 1.82) is 0 Å². The molecule has 2 rings (SSSR count). The fraction of sp³-hybridized carbons (Fsp3) is 0.417. The summed E-state index contributed by atoms with van der Waals surface area (Å²) in [5.41, 5.74) is -0.906. The number of phenolic OH excluding ortho intramolecular Hbond substituents is 2. The molecular weight excluding hydrogens is 252 g/mol. The fourth-order valence-corrected chi connectivity index (χ4v) is 2.21. The van der Waals surface area contributed by atoms with Crippen LogP contribution in [0.15, 0.2) is 12.1 Å². The number of nitro benzene ring substituents is 1. The van der Waals surface area contributed by atoms with Crippen molar-refractivity contribution in [2.45, 2.75) is 12.8 Å². The Bertz CT molecular complexity index is 523. The first-order chi connectivity index (χ1) is 9.00. The third-order valence-corrected chi connectivity index (χ3v) is 3.18. The molecule has 0 bridgehead atoms. The van der Waals surface area contributed by atoms with Crippen LogP contribution in [0, 0.1) is 10.1 Å². The molecule has 0 amide bonds. The van der Waals surface area contributed by atoms with Crippen molar-refractivity contribution in [3.05, 3.63) is 27.8 Å². The van der Waals surface area contributed by atoms with Crippen molar-refractivity contribution >= 4 is 11.5 Å². The second-order valence-corrected chi connectivity index (χ2v) is 4.49. The molecule has 1 aliphatic rings. The lowest BCUT2D eigenvalue weighted by Crippen LogP contribution is -2.27. The van der Waals surface area contributed by atoms with Gasteiger partial charge in [0, 0.05) is 0 Å². The molecule has 7 nitrogen and oxygen atoms in total. The topological polar surface area (TPSA) is 104 Å². The van der Waals surface area contributed by atoms with E-state index in [0.717, 1.165) is 32.0 Å². The summed E-state index contributed by atoms with van der Waals surface area (Å²) in [4.78, 5) is 24.0. The number of ketones is 1. The van der Waals surface area contributed by atoms with Gasteiger partial charge in [0.2, 0.25) is 5.75 Å². The van der Waals surface area contributed by atoms with Gasteiger partial charge in [0.1, 0.15) is 5.56 Å². The maximum Gasteiger partial charge on any atom is 0.325 e. The van der Waals surface area contributed by atoms with E-state index in [2.05, 4.69) is 0 Å². The Kier molecular flexibility index (Phi) is 3.66. The number of aromatic hydroxyl groups is 2. The van der Waals surface area contributed by atoms with E-state index in [1.807, 2.05) is 4.90 Å². The minimum atomic E-state index is -0.864. The summed E-state index contributed by atoms with van der Waals surface area (Å²) in [6.07, 6.45) is 2.02. The van der Waals surface area contributed by atoms with Gasteiger partial charge in [0.25, 0.3) is 0 Å². The van der Waals surface area contributed by atoms with Crippen molar-refractivity contribution in [1.82, 2.24) is 4.90 Å². The highest BCUT2D eigenvalue weighted by Gasteiger charge is 2.28. The Morgan fingerprint density at radius 1 is 1.32 bits per heavy atom. The molecule has 0 saturated carbocycles. The summed E-state index contributed by atoms with van der Waals surface area (Å²) in [6, 6.07) is 2.26. The maximum absolute atomic E-state index is 12.1. The lowest BCUT2D eigenvalue weighted by Gasteiger charge is -2.13. The van der Waals surface area contributed by atoms with Crippen LogP contribution in [0.4, 0.5) is 5.69 Å². The highest BCUT2D eigenvalue weighted by Crippen LogP contribution is 2.37. The van der Waals surface area contributed by atoms with Crippen molar-refractivity contribution in [2.24, 2.45) is 0 Å². The first-order valence-corrected chi connectivity index (χ1v) is 5.95. The Hall–Kier alpha value is -2.15. The van der Waals surface area contributed by atoms with Gasteiger partial charge in [-0.3, -0.25) is 19.8 Å². The molecular formula is C12H14N2O5. The van der Waals surface area contributed by atoms with Crippen LogP contribution in [0.1, 0.15) is 23.2 Å². The molecule has 0 atom stereocenters. The maximum atomic E-state index is 12.1. The van der Waals surface area contributed by atoms with Crippen LogP contribution in [0.2, 0.25) is 0 Å². The number of nitro groups is 1. The zero-order valence-electron chi connectivity index (χ0n) is 10.2. The summed E-state index contributed by atoms with van der Waals surface area (Å²) in [5.74, 6) is -1.90. The number of benzene rings is 1. The molecule has 102 valence electrons. The van der Waals surface area contributed by atoms with Crippen molar-refractivity contribution in [2.75, 3.05) is 19.6 Å². The van der Waals surface area contributed by atoms with Crippen molar-refractivity contribution < 1.29 is 19.9 Å². The van der Waals surface area contributed by atoms with Crippen molar-refractivity contribution in [3.63, 3.8) is 0 Å². The molecule has 0 radical (unpaired) electrons. The standard InChI is InChI=1S/C12H14N2O5/c15-9-4-3-8(11(12(9)17)14(18)19)10(16)7-13-5-1-2-6-13/h3-4,15,17H,1-2,5-7H2. The minimum absolute atomic E-state index is 0.0883. The van der Waals surface area contributed by atoms with Crippen LogP contribution >= 0.6 is 0 Å². The van der Waals surface area contributed by atoms with E-state index in [9.17, 15) is 25.1 Å². The highest BCUT2D eigenvalue weighted by atomic mass is 16.6. The molecule has 0 aromatic heterocycles. The van der Waals surface area contributed by atoms with E-state index >= 15 is 0 Å². The number of phenols is 2. The molecule has 0 spiro atoms. The van der Waals surface area contributed by atoms with Gasteiger partial charge in [0.05, 0.1) is 11.5 Å². The molecule has 1 aliphatic heterocycles. The van der Waals surface area contributed by atoms with Crippen LogP contribution in [0.3, 0.4) is 0 Å². The largest absolute Gasteiger partial charge is 0.504 e. The number of Topliss-reactive ketones (excluding diaryl/α,β-unsaturated/α-hetero) is 1. The number of nitrogens with zero attached hydrogens (tertiary/aromatic N) is 2. The number of carbonyl (C=O) groups excluding carboxylic acids is 1. The summed E-state index contributed by atoms with van der Waals surface area (Å²) >= 11 is 0. The van der Waals surface area contributed by atoms with E-state index in [1.165, 1.54) is 6.07 Å². The predicted molar refractivity (Wildman–Crippen MR) is 66.4 cm³/mol. The van der Waals surface area contributed by atoms with E-state index < -0.39 is 27.9 Å². The van der Waals surface area contributed by atoms with Gasteiger partial charge in [0.15, 0.2) is 11.5 Å². The third kappa shape index (κ3) is 2.65. The van der Waals surface area contributed by atoms with Gasteiger partial charge in [-0.1, -0.05) is 0 Å². The molecule has 1 fully saturated rings. The third-order valence-electron chi connectivity index (χ3n) is 3.18. The lowest BCUT2D eigenvalue weighted by atomic mass is 10.1. The van der Waals surface area contributed by atoms with E-state index in [-0.39, 0.29) is 12.1 Å². The number of likely N-dealkylation sites (tertiary alicyclic amines) is 1. The Labute approximate surface area is 109 Å². The number of hydrogen-bond donors (Lipinski definition) is 2. The minimum Gasteiger partial charge on any atom is -0.504 e. The first kappa shape index (κ1) is 13.3. The average molecular weight is 266 g/mol. The Balaban J connectivity index is 2.30.